The van der Waals surface area contributed by atoms with E-state index in [0.29, 0.717) is 5.39 Å². The van der Waals surface area contributed by atoms with Crippen LogP contribution in [0.5, 0.6) is 5.75 Å². The molecule has 3 heteroatoms. The third kappa shape index (κ3) is 1.71. The molecule has 0 spiro atoms. The summed E-state index contributed by atoms with van der Waals surface area (Å²) in [6.07, 6.45) is 1.70. The van der Waals surface area contributed by atoms with Crippen LogP contribution in [-0.2, 0) is 0 Å². The fourth-order valence-corrected chi connectivity index (χ4v) is 1.23. The number of benzene rings is 1. The van der Waals surface area contributed by atoms with Crippen molar-refractivity contribution in [3.8, 4) is 5.75 Å². The number of H-pyrrole nitrogens is 1. The van der Waals surface area contributed by atoms with Crippen molar-refractivity contribution in [3.63, 3.8) is 0 Å². The van der Waals surface area contributed by atoms with Crippen LogP contribution < -0.4 is 4.74 Å². The predicted octanol–water partition coefficient (Wildman–Crippen LogP) is 3.34. The van der Waals surface area contributed by atoms with E-state index in [-0.39, 0.29) is 11.6 Å². The Morgan fingerprint density at radius 1 is 1.21 bits per heavy atom. The Morgan fingerprint density at radius 2 is 1.93 bits per heavy atom. The molecule has 0 aliphatic heterocycles. The summed E-state index contributed by atoms with van der Waals surface area (Å²) < 4.78 is 18.2. The van der Waals surface area contributed by atoms with Crippen molar-refractivity contribution in [2.75, 3.05) is 7.11 Å². The molecule has 2 rings (SSSR count). The molecule has 0 unspecified atom stereocenters. The zero-order valence-corrected chi connectivity index (χ0v) is 8.60. The molecule has 0 atom stereocenters. The van der Waals surface area contributed by atoms with E-state index in [1.165, 1.54) is 7.11 Å². The molecular weight excluding hydrogens is 181 g/mol. The smallest absolute Gasteiger partial charge is 0.174 e. The summed E-state index contributed by atoms with van der Waals surface area (Å²) in [6.45, 7) is 4.00. The Kier molecular flexibility index (Phi) is 3.51. The molecule has 0 radical (unpaired) electrons. The highest BCUT2D eigenvalue weighted by molar-refractivity contribution is 5.81. The number of hydrogen-bond donors (Lipinski definition) is 1. The van der Waals surface area contributed by atoms with Crippen LogP contribution in [0.2, 0.25) is 0 Å². The second kappa shape index (κ2) is 4.65. The molecule has 1 aromatic carbocycles. The van der Waals surface area contributed by atoms with Crippen molar-refractivity contribution >= 4 is 10.9 Å². The van der Waals surface area contributed by atoms with E-state index >= 15 is 0 Å². The highest BCUT2D eigenvalue weighted by Gasteiger charge is 2.06. The average molecular weight is 195 g/mol. The highest BCUT2D eigenvalue weighted by Crippen LogP contribution is 2.24. The quantitative estimate of drug-likeness (QED) is 0.741. The molecule has 0 aliphatic carbocycles. The van der Waals surface area contributed by atoms with E-state index in [1.807, 2.05) is 13.8 Å². The van der Waals surface area contributed by atoms with Gasteiger partial charge in [0.2, 0.25) is 0 Å². The summed E-state index contributed by atoms with van der Waals surface area (Å²) in [6, 6.07) is 5.08. The second-order valence-electron chi connectivity index (χ2n) is 2.52. The van der Waals surface area contributed by atoms with Gasteiger partial charge in [-0.3, -0.25) is 0 Å². The Balaban J connectivity index is 0.000000461. The van der Waals surface area contributed by atoms with Crippen molar-refractivity contribution in [3.05, 3.63) is 30.2 Å². The molecular formula is C11H14FNO. The number of nitrogens with one attached hydrogen (secondary N) is 1. The largest absolute Gasteiger partial charge is 0.494 e. The number of fused-ring (bicyclic) bond motifs is 1. The first kappa shape index (κ1) is 10.6. The average Bonchev–Trinajstić information content (AvgIpc) is 2.70. The molecule has 0 saturated carbocycles. The standard InChI is InChI=1S/C9H8FNO.C2H6/c1-12-8-3-2-7-6(9(8)10)4-5-11-7;1-2/h2-5,11H,1H3;1-2H3. The number of rotatable bonds is 1. The van der Waals surface area contributed by atoms with Crippen LogP contribution in [0.1, 0.15) is 13.8 Å². The molecule has 0 amide bonds. The van der Waals surface area contributed by atoms with Gasteiger partial charge in [-0.15, -0.1) is 0 Å². The number of halogens is 1. The minimum Gasteiger partial charge on any atom is -0.494 e. The fourth-order valence-electron chi connectivity index (χ4n) is 1.23. The summed E-state index contributed by atoms with van der Waals surface area (Å²) in [7, 11) is 1.46. The van der Waals surface area contributed by atoms with Gasteiger partial charge in [0.05, 0.1) is 7.11 Å². The SMILES string of the molecule is CC.COc1ccc2[nH]ccc2c1F. The number of methoxy groups -OCH3 is 1. The minimum absolute atomic E-state index is 0.280. The van der Waals surface area contributed by atoms with Crippen LogP contribution in [0.4, 0.5) is 4.39 Å². The van der Waals surface area contributed by atoms with Crippen molar-refractivity contribution in [2.45, 2.75) is 13.8 Å². The molecule has 2 nitrogen and oxygen atoms in total. The molecule has 1 aromatic heterocycles. The maximum absolute atomic E-state index is 13.4. The summed E-state index contributed by atoms with van der Waals surface area (Å²) in [5, 5.41) is 0.564. The molecule has 2 aromatic rings. The number of aromatic nitrogens is 1. The van der Waals surface area contributed by atoms with Crippen molar-refractivity contribution < 1.29 is 9.13 Å². The van der Waals surface area contributed by atoms with Crippen molar-refractivity contribution in [2.24, 2.45) is 0 Å². The third-order valence-electron chi connectivity index (χ3n) is 1.85. The fraction of sp³-hybridized carbons (Fsp3) is 0.273. The first-order valence-corrected chi connectivity index (χ1v) is 4.62. The Labute approximate surface area is 82.7 Å². The third-order valence-corrected chi connectivity index (χ3v) is 1.85. The lowest BCUT2D eigenvalue weighted by molar-refractivity contribution is 0.389. The number of hydrogen-bond acceptors (Lipinski definition) is 1. The van der Waals surface area contributed by atoms with Crippen LogP contribution >= 0.6 is 0 Å². The second-order valence-corrected chi connectivity index (χ2v) is 2.52. The molecule has 0 fully saturated rings. The van der Waals surface area contributed by atoms with E-state index in [0.717, 1.165) is 5.52 Å². The molecule has 14 heavy (non-hydrogen) atoms. The first-order chi connectivity index (χ1) is 6.83. The van der Waals surface area contributed by atoms with Gasteiger partial charge in [0.1, 0.15) is 0 Å². The van der Waals surface area contributed by atoms with Gasteiger partial charge in [0.15, 0.2) is 11.6 Å². The van der Waals surface area contributed by atoms with Crippen LogP contribution in [0.3, 0.4) is 0 Å². The Morgan fingerprint density at radius 3 is 2.57 bits per heavy atom. The van der Waals surface area contributed by atoms with E-state index in [2.05, 4.69) is 4.98 Å². The van der Waals surface area contributed by atoms with Gasteiger partial charge in [-0.2, -0.15) is 0 Å². The van der Waals surface area contributed by atoms with Crippen LogP contribution in [0, 0.1) is 5.82 Å². The van der Waals surface area contributed by atoms with E-state index in [4.69, 9.17) is 4.74 Å². The monoisotopic (exact) mass is 195 g/mol. The van der Waals surface area contributed by atoms with Gasteiger partial charge in [-0.05, 0) is 18.2 Å². The lowest BCUT2D eigenvalue weighted by Crippen LogP contribution is -1.87. The van der Waals surface area contributed by atoms with Gasteiger partial charge < -0.3 is 9.72 Å². The summed E-state index contributed by atoms with van der Waals surface area (Å²) in [4.78, 5) is 2.92. The van der Waals surface area contributed by atoms with Gasteiger partial charge in [0.25, 0.3) is 0 Å². The lowest BCUT2D eigenvalue weighted by atomic mass is 10.2. The number of aromatic amines is 1. The van der Waals surface area contributed by atoms with Crippen molar-refractivity contribution in [1.29, 1.82) is 0 Å². The van der Waals surface area contributed by atoms with Crippen molar-refractivity contribution in [1.82, 2.24) is 4.98 Å². The lowest BCUT2D eigenvalue weighted by Gasteiger charge is -2.00. The van der Waals surface area contributed by atoms with Crippen LogP contribution in [0.15, 0.2) is 24.4 Å². The summed E-state index contributed by atoms with van der Waals surface area (Å²) in [5.41, 5.74) is 0.785. The zero-order chi connectivity index (χ0) is 10.6. The molecule has 1 heterocycles. The zero-order valence-electron chi connectivity index (χ0n) is 8.60. The summed E-state index contributed by atoms with van der Waals surface area (Å²) in [5.74, 6) is -0.0293. The predicted molar refractivity (Wildman–Crippen MR) is 56.2 cm³/mol. The van der Waals surface area contributed by atoms with Crippen LogP contribution in [-0.4, -0.2) is 12.1 Å². The topological polar surface area (TPSA) is 25.0 Å². The van der Waals surface area contributed by atoms with Gasteiger partial charge in [-0.1, -0.05) is 13.8 Å². The van der Waals surface area contributed by atoms with E-state index in [1.54, 1.807) is 24.4 Å². The number of ether oxygens (including phenoxy) is 1. The Bertz CT molecular complexity index is 409. The maximum atomic E-state index is 13.4. The molecule has 0 saturated heterocycles. The minimum atomic E-state index is -0.309. The molecule has 1 N–H and O–H groups in total. The van der Waals surface area contributed by atoms with Gasteiger partial charge >= 0.3 is 0 Å². The van der Waals surface area contributed by atoms with E-state index in [9.17, 15) is 4.39 Å². The Hall–Kier alpha value is -1.51. The molecule has 76 valence electrons. The van der Waals surface area contributed by atoms with Crippen LogP contribution in [0.25, 0.3) is 10.9 Å². The van der Waals surface area contributed by atoms with E-state index < -0.39 is 0 Å². The summed E-state index contributed by atoms with van der Waals surface area (Å²) >= 11 is 0. The van der Waals surface area contributed by atoms with Gasteiger partial charge in [-0.25, -0.2) is 4.39 Å². The molecule has 0 bridgehead atoms. The normalized spacial score (nSPS) is 9.43. The maximum Gasteiger partial charge on any atom is 0.174 e. The van der Waals surface area contributed by atoms with Gasteiger partial charge in [0, 0.05) is 17.1 Å². The highest BCUT2D eigenvalue weighted by atomic mass is 19.1. The molecule has 0 aliphatic rings. The first-order valence-electron chi connectivity index (χ1n) is 4.62.